The minimum atomic E-state index is -4.18. The highest BCUT2D eigenvalue weighted by molar-refractivity contribution is 4.98. The number of nitrogens with zero attached hydrogens (tertiary/aromatic N) is 2. The maximum Gasteiger partial charge on any atom is 0.389 e. The van der Waals surface area contributed by atoms with E-state index in [2.05, 4.69) is 15.5 Å². The van der Waals surface area contributed by atoms with Gasteiger partial charge in [-0.15, -0.1) is 0 Å². The topological polar surface area (TPSA) is 51.0 Å². The zero-order valence-corrected chi connectivity index (χ0v) is 9.26. The van der Waals surface area contributed by atoms with Crippen LogP contribution in [0.3, 0.4) is 0 Å². The molecular formula is C10H14F3N3O. The Bertz CT molecular complexity index is 358. The molecule has 1 saturated heterocycles. The van der Waals surface area contributed by atoms with Crippen molar-refractivity contribution in [2.24, 2.45) is 0 Å². The normalized spacial score (nSPS) is 21.7. The van der Waals surface area contributed by atoms with Crippen molar-refractivity contribution in [3.05, 3.63) is 11.7 Å². The summed E-state index contributed by atoms with van der Waals surface area (Å²) >= 11 is 0. The molecule has 1 unspecified atom stereocenters. The Labute approximate surface area is 96.6 Å². The number of alkyl halides is 3. The van der Waals surface area contributed by atoms with E-state index in [1.807, 2.05) is 0 Å². The average molecular weight is 249 g/mol. The third-order valence-electron chi connectivity index (χ3n) is 2.77. The Balaban J connectivity index is 1.91. The second kappa shape index (κ2) is 5.03. The number of piperidine rings is 1. The van der Waals surface area contributed by atoms with Crippen LogP contribution in [-0.4, -0.2) is 29.4 Å². The minimum Gasteiger partial charge on any atom is -0.339 e. The molecule has 2 heterocycles. The van der Waals surface area contributed by atoms with Crippen molar-refractivity contribution in [3.8, 4) is 0 Å². The van der Waals surface area contributed by atoms with E-state index in [9.17, 15) is 13.2 Å². The summed E-state index contributed by atoms with van der Waals surface area (Å²) in [4.78, 5) is 4.02. The Morgan fingerprint density at radius 2 is 2.24 bits per heavy atom. The smallest absolute Gasteiger partial charge is 0.339 e. The zero-order chi connectivity index (χ0) is 12.3. The van der Waals surface area contributed by atoms with Gasteiger partial charge in [-0.2, -0.15) is 18.2 Å². The zero-order valence-electron chi connectivity index (χ0n) is 9.26. The summed E-state index contributed by atoms with van der Waals surface area (Å²) in [6.45, 7) is 1.73. The Hall–Kier alpha value is -1.11. The van der Waals surface area contributed by atoms with Crippen molar-refractivity contribution in [3.63, 3.8) is 0 Å². The number of halogens is 3. The molecule has 1 aromatic rings. The molecular weight excluding hydrogens is 235 g/mol. The van der Waals surface area contributed by atoms with E-state index in [4.69, 9.17) is 4.52 Å². The van der Waals surface area contributed by atoms with Gasteiger partial charge in [0.05, 0.1) is 6.42 Å². The van der Waals surface area contributed by atoms with E-state index >= 15 is 0 Å². The predicted molar refractivity (Wildman–Crippen MR) is 53.5 cm³/mol. The fourth-order valence-electron chi connectivity index (χ4n) is 1.86. The molecule has 7 heteroatoms. The monoisotopic (exact) mass is 249 g/mol. The fraction of sp³-hybridized carbons (Fsp3) is 0.800. The first kappa shape index (κ1) is 12.3. The lowest BCUT2D eigenvalue weighted by Gasteiger charge is -2.19. The van der Waals surface area contributed by atoms with Gasteiger partial charge in [0, 0.05) is 18.9 Å². The molecule has 1 aromatic heterocycles. The van der Waals surface area contributed by atoms with Gasteiger partial charge in [0.25, 0.3) is 0 Å². The third-order valence-corrected chi connectivity index (χ3v) is 2.77. The molecule has 17 heavy (non-hydrogen) atoms. The highest BCUT2D eigenvalue weighted by Gasteiger charge is 2.28. The number of rotatable bonds is 3. The Morgan fingerprint density at radius 1 is 1.41 bits per heavy atom. The number of aryl methyl sites for hydroxylation is 1. The highest BCUT2D eigenvalue weighted by atomic mass is 19.4. The van der Waals surface area contributed by atoms with Crippen LogP contribution in [-0.2, 0) is 6.42 Å². The molecule has 0 saturated carbocycles. The van der Waals surface area contributed by atoms with Gasteiger partial charge in [0.2, 0.25) is 5.89 Å². The highest BCUT2D eigenvalue weighted by Crippen LogP contribution is 2.23. The SMILES string of the molecule is FC(F)(F)CCc1nc(C2CCCNC2)no1. The van der Waals surface area contributed by atoms with Crippen LogP contribution >= 0.6 is 0 Å². The molecule has 1 aliphatic rings. The third kappa shape index (κ3) is 3.69. The van der Waals surface area contributed by atoms with Gasteiger partial charge in [-0.1, -0.05) is 5.16 Å². The maximum absolute atomic E-state index is 12.0. The molecule has 4 nitrogen and oxygen atoms in total. The first-order valence-electron chi connectivity index (χ1n) is 5.64. The Morgan fingerprint density at radius 3 is 2.88 bits per heavy atom. The van der Waals surface area contributed by atoms with Crippen LogP contribution in [0.1, 0.15) is 36.9 Å². The quantitative estimate of drug-likeness (QED) is 0.890. The molecule has 0 bridgehead atoms. The van der Waals surface area contributed by atoms with Gasteiger partial charge < -0.3 is 9.84 Å². The van der Waals surface area contributed by atoms with E-state index < -0.39 is 12.6 Å². The molecule has 1 N–H and O–H groups in total. The number of nitrogens with one attached hydrogen (secondary N) is 1. The summed E-state index contributed by atoms with van der Waals surface area (Å²) < 4.78 is 40.8. The molecule has 0 aliphatic carbocycles. The number of hydrogen-bond donors (Lipinski definition) is 1. The van der Waals surface area contributed by atoms with Gasteiger partial charge in [0.15, 0.2) is 5.82 Å². The van der Waals surface area contributed by atoms with E-state index in [1.165, 1.54) is 0 Å². The summed E-state index contributed by atoms with van der Waals surface area (Å²) in [6.07, 6.45) is -3.36. The standard InChI is InChI=1S/C10H14F3N3O/c11-10(12,13)4-3-8-15-9(16-17-8)7-2-1-5-14-6-7/h7,14H,1-6H2. The molecule has 0 radical (unpaired) electrons. The van der Waals surface area contributed by atoms with Crippen molar-refractivity contribution in [1.82, 2.24) is 15.5 Å². The van der Waals surface area contributed by atoms with Crippen LogP contribution < -0.4 is 5.32 Å². The summed E-state index contributed by atoms with van der Waals surface area (Å²) in [5.74, 6) is 0.754. The van der Waals surface area contributed by atoms with E-state index in [0.29, 0.717) is 5.82 Å². The second-order valence-electron chi connectivity index (χ2n) is 4.20. The first-order chi connectivity index (χ1) is 8.04. The molecule has 96 valence electrons. The van der Waals surface area contributed by atoms with Gasteiger partial charge in [0.1, 0.15) is 0 Å². The summed E-state index contributed by atoms with van der Waals surface area (Å²) in [6, 6.07) is 0. The molecule has 1 fully saturated rings. The predicted octanol–water partition coefficient (Wildman–Crippen LogP) is 2.03. The van der Waals surface area contributed by atoms with Gasteiger partial charge >= 0.3 is 6.18 Å². The van der Waals surface area contributed by atoms with Gasteiger partial charge in [-0.05, 0) is 19.4 Å². The number of aromatic nitrogens is 2. The van der Waals surface area contributed by atoms with Crippen molar-refractivity contribution in [1.29, 1.82) is 0 Å². The van der Waals surface area contributed by atoms with Crippen molar-refractivity contribution in [2.75, 3.05) is 13.1 Å². The molecule has 2 rings (SSSR count). The lowest BCUT2D eigenvalue weighted by atomic mass is 9.99. The van der Waals surface area contributed by atoms with Gasteiger partial charge in [-0.3, -0.25) is 0 Å². The van der Waals surface area contributed by atoms with Crippen molar-refractivity contribution >= 4 is 0 Å². The molecule has 0 amide bonds. The van der Waals surface area contributed by atoms with Crippen LogP contribution in [0.2, 0.25) is 0 Å². The van der Waals surface area contributed by atoms with E-state index in [0.717, 1.165) is 25.9 Å². The molecule has 0 spiro atoms. The van der Waals surface area contributed by atoms with Crippen LogP contribution in [0, 0.1) is 0 Å². The fourth-order valence-corrected chi connectivity index (χ4v) is 1.86. The minimum absolute atomic E-state index is 0.0721. The lowest BCUT2D eigenvalue weighted by molar-refractivity contribution is -0.134. The summed E-state index contributed by atoms with van der Waals surface area (Å²) in [5, 5.41) is 6.94. The van der Waals surface area contributed by atoms with E-state index in [-0.39, 0.29) is 18.2 Å². The Kier molecular flexibility index (Phi) is 3.66. The van der Waals surface area contributed by atoms with Crippen LogP contribution in [0.25, 0.3) is 0 Å². The maximum atomic E-state index is 12.0. The first-order valence-corrected chi connectivity index (χ1v) is 5.64. The second-order valence-corrected chi connectivity index (χ2v) is 4.20. The van der Waals surface area contributed by atoms with Gasteiger partial charge in [-0.25, -0.2) is 0 Å². The average Bonchev–Trinajstić information content (AvgIpc) is 2.75. The van der Waals surface area contributed by atoms with Crippen molar-refractivity contribution < 1.29 is 17.7 Å². The van der Waals surface area contributed by atoms with Crippen LogP contribution in [0.4, 0.5) is 13.2 Å². The largest absolute Gasteiger partial charge is 0.389 e. The lowest BCUT2D eigenvalue weighted by Crippen LogP contribution is -2.28. The molecule has 1 atom stereocenters. The van der Waals surface area contributed by atoms with E-state index in [1.54, 1.807) is 0 Å². The van der Waals surface area contributed by atoms with Crippen LogP contribution in [0.5, 0.6) is 0 Å². The van der Waals surface area contributed by atoms with Crippen molar-refractivity contribution in [2.45, 2.75) is 37.8 Å². The summed E-state index contributed by atoms with van der Waals surface area (Å²) in [5.41, 5.74) is 0. The van der Waals surface area contributed by atoms with Crippen LogP contribution in [0.15, 0.2) is 4.52 Å². The molecule has 1 aliphatic heterocycles. The molecule has 0 aromatic carbocycles. The number of hydrogen-bond acceptors (Lipinski definition) is 4. The summed E-state index contributed by atoms with van der Waals surface area (Å²) in [7, 11) is 0.